The van der Waals surface area contributed by atoms with Crippen LogP contribution in [0.25, 0.3) is 0 Å². The van der Waals surface area contributed by atoms with Gasteiger partial charge in [0.15, 0.2) is 6.61 Å². The molecule has 170 valence electrons. The number of ether oxygens (including phenoxy) is 3. The topological polar surface area (TPSA) is 103 Å². The number of amides is 3. The third-order valence-electron chi connectivity index (χ3n) is 4.99. The van der Waals surface area contributed by atoms with Gasteiger partial charge >= 0.3 is 12.0 Å². The number of benzene rings is 2. The zero-order valence-electron chi connectivity index (χ0n) is 17.9. The van der Waals surface area contributed by atoms with Gasteiger partial charge in [-0.3, -0.25) is 10.1 Å². The zero-order chi connectivity index (χ0) is 22.6. The Labute approximate surface area is 187 Å². The van der Waals surface area contributed by atoms with Crippen molar-refractivity contribution < 1.29 is 28.6 Å². The van der Waals surface area contributed by atoms with Crippen LogP contribution >= 0.6 is 0 Å². The maximum atomic E-state index is 12.4. The molecular weight excluding hydrogens is 412 g/mol. The van der Waals surface area contributed by atoms with Gasteiger partial charge in [-0.1, -0.05) is 49.6 Å². The minimum Gasteiger partial charge on any atom is -0.490 e. The molecule has 0 saturated heterocycles. The summed E-state index contributed by atoms with van der Waals surface area (Å²) < 4.78 is 16.3. The molecule has 0 bridgehead atoms. The van der Waals surface area contributed by atoms with E-state index in [1.807, 2.05) is 30.3 Å². The van der Waals surface area contributed by atoms with Gasteiger partial charge in [0.2, 0.25) is 0 Å². The predicted molar refractivity (Wildman–Crippen MR) is 118 cm³/mol. The number of rotatable bonds is 9. The maximum Gasteiger partial charge on any atom is 0.342 e. The number of hydrogen-bond acceptors (Lipinski definition) is 6. The van der Waals surface area contributed by atoms with Crippen molar-refractivity contribution in [1.29, 1.82) is 0 Å². The lowest BCUT2D eigenvalue weighted by atomic mass is 9.96. The van der Waals surface area contributed by atoms with Crippen LogP contribution < -0.4 is 20.1 Å². The summed E-state index contributed by atoms with van der Waals surface area (Å²) in [6.07, 6.45) is 5.11. The van der Waals surface area contributed by atoms with E-state index in [4.69, 9.17) is 14.2 Å². The van der Waals surface area contributed by atoms with E-state index in [2.05, 4.69) is 10.6 Å². The Kier molecular flexibility index (Phi) is 8.92. The third-order valence-corrected chi connectivity index (χ3v) is 4.99. The maximum absolute atomic E-state index is 12.4. The highest BCUT2D eigenvalue weighted by molar-refractivity contribution is 5.97. The molecule has 2 aromatic rings. The molecule has 1 saturated carbocycles. The molecule has 0 radical (unpaired) electrons. The highest BCUT2D eigenvalue weighted by Crippen LogP contribution is 2.19. The minimum atomic E-state index is -0.715. The average Bonchev–Trinajstić information content (AvgIpc) is 2.82. The number of esters is 1. The van der Waals surface area contributed by atoms with Gasteiger partial charge in [-0.15, -0.1) is 0 Å². The smallest absolute Gasteiger partial charge is 0.342 e. The van der Waals surface area contributed by atoms with Crippen LogP contribution in [-0.4, -0.2) is 43.8 Å². The highest BCUT2D eigenvalue weighted by atomic mass is 16.5. The molecule has 2 aromatic carbocycles. The molecule has 8 heteroatoms. The Morgan fingerprint density at radius 2 is 1.53 bits per heavy atom. The minimum absolute atomic E-state index is 0.0778. The van der Waals surface area contributed by atoms with Crippen LogP contribution in [0.15, 0.2) is 54.6 Å². The second kappa shape index (κ2) is 12.3. The molecule has 0 unspecified atom stereocenters. The number of carbonyl (C=O) groups excluding carboxylic acids is 3. The van der Waals surface area contributed by atoms with Gasteiger partial charge in [0.05, 0.1) is 0 Å². The first-order valence-electron chi connectivity index (χ1n) is 10.8. The molecule has 8 nitrogen and oxygen atoms in total. The quantitative estimate of drug-likeness (QED) is 0.457. The van der Waals surface area contributed by atoms with E-state index in [1.54, 1.807) is 24.3 Å². The van der Waals surface area contributed by atoms with E-state index in [0.29, 0.717) is 12.4 Å². The first-order valence-corrected chi connectivity index (χ1v) is 10.8. The standard InChI is InChI=1S/C24H28N2O6/c27-22(26-24(29)25-18-9-3-1-4-10-18)17-32-23(28)20-13-7-8-14-21(20)31-16-15-30-19-11-5-2-6-12-19/h2,5-8,11-14,18H,1,3-4,9-10,15-17H2,(H2,25,26,27,29). The van der Waals surface area contributed by atoms with E-state index >= 15 is 0 Å². The molecule has 0 aromatic heterocycles. The number of nitrogens with one attached hydrogen (secondary N) is 2. The Hall–Kier alpha value is -3.55. The van der Waals surface area contributed by atoms with Crippen molar-refractivity contribution in [3.05, 3.63) is 60.2 Å². The van der Waals surface area contributed by atoms with Gasteiger partial charge in [-0.25, -0.2) is 9.59 Å². The average molecular weight is 440 g/mol. The molecule has 0 aliphatic heterocycles. The second-order valence-corrected chi connectivity index (χ2v) is 7.44. The van der Waals surface area contributed by atoms with Gasteiger partial charge in [-0.2, -0.15) is 0 Å². The summed E-state index contributed by atoms with van der Waals surface area (Å²) >= 11 is 0. The lowest BCUT2D eigenvalue weighted by Crippen LogP contribution is -2.46. The number of para-hydroxylation sites is 2. The van der Waals surface area contributed by atoms with Crippen molar-refractivity contribution in [2.75, 3.05) is 19.8 Å². The monoisotopic (exact) mass is 440 g/mol. The van der Waals surface area contributed by atoms with Gasteiger partial charge < -0.3 is 19.5 Å². The van der Waals surface area contributed by atoms with Gasteiger partial charge in [-0.05, 0) is 37.1 Å². The van der Waals surface area contributed by atoms with E-state index in [0.717, 1.165) is 31.4 Å². The fourth-order valence-electron chi connectivity index (χ4n) is 3.43. The molecule has 1 fully saturated rings. The Morgan fingerprint density at radius 3 is 2.31 bits per heavy atom. The van der Waals surface area contributed by atoms with Gasteiger partial charge in [0.1, 0.15) is 30.3 Å². The van der Waals surface area contributed by atoms with Crippen LogP contribution in [0.1, 0.15) is 42.5 Å². The fourth-order valence-corrected chi connectivity index (χ4v) is 3.43. The number of carbonyl (C=O) groups is 3. The summed E-state index contributed by atoms with van der Waals surface area (Å²) in [5, 5.41) is 4.97. The first kappa shape index (κ1) is 23.1. The van der Waals surface area contributed by atoms with Crippen LogP contribution in [0.3, 0.4) is 0 Å². The summed E-state index contributed by atoms with van der Waals surface area (Å²) in [5.41, 5.74) is 0.187. The summed E-state index contributed by atoms with van der Waals surface area (Å²) in [6.45, 7) is -0.0463. The Balaban J connectivity index is 1.41. The van der Waals surface area contributed by atoms with Crippen molar-refractivity contribution in [2.45, 2.75) is 38.1 Å². The van der Waals surface area contributed by atoms with Crippen LogP contribution in [0, 0.1) is 0 Å². The Morgan fingerprint density at radius 1 is 0.844 bits per heavy atom. The van der Waals surface area contributed by atoms with E-state index in [9.17, 15) is 14.4 Å². The van der Waals surface area contributed by atoms with Crippen molar-refractivity contribution in [1.82, 2.24) is 10.6 Å². The lowest BCUT2D eigenvalue weighted by molar-refractivity contribution is -0.123. The molecule has 3 rings (SSSR count). The molecule has 1 aliphatic carbocycles. The van der Waals surface area contributed by atoms with Gasteiger partial charge in [0.25, 0.3) is 5.91 Å². The van der Waals surface area contributed by atoms with E-state index < -0.39 is 24.5 Å². The Bertz CT molecular complexity index is 896. The normalized spacial score (nSPS) is 13.6. The SMILES string of the molecule is O=C(COC(=O)c1ccccc1OCCOc1ccccc1)NC(=O)NC1CCCCC1. The van der Waals surface area contributed by atoms with Gasteiger partial charge in [0, 0.05) is 6.04 Å². The molecule has 0 spiro atoms. The number of imide groups is 1. The molecule has 0 atom stereocenters. The molecule has 3 amide bonds. The molecule has 32 heavy (non-hydrogen) atoms. The van der Waals surface area contributed by atoms with Crippen molar-refractivity contribution >= 4 is 17.9 Å². The summed E-state index contributed by atoms with van der Waals surface area (Å²) in [6, 6.07) is 15.4. The van der Waals surface area contributed by atoms with Crippen LogP contribution in [0.2, 0.25) is 0 Å². The van der Waals surface area contributed by atoms with Crippen molar-refractivity contribution in [2.24, 2.45) is 0 Å². The third kappa shape index (κ3) is 7.61. The van der Waals surface area contributed by atoms with Crippen molar-refractivity contribution in [3.8, 4) is 11.5 Å². The molecular formula is C24H28N2O6. The summed E-state index contributed by atoms with van der Waals surface area (Å²) in [5.74, 6) is -0.360. The number of hydrogen-bond donors (Lipinski definition) is 2. The highest BCUT2D eigenvalue weighted by Gasteiger charge is 2.19. The summed E-state index contributed by atoms with van der Waals surface area (Å²) in [7, 11) is 0. The van der Waals surface area contributed by atoms with Crippen molar-refractivity contribution in [3.63, 3.8) is 0 Å². The largest absolute Gasteiger partial charge is 0.490 e. The molecule has 0 heterocycles. The fraction of sp³-hybridized carbons (Fsp3) is 0.375. The van der Waals surface area contributed by atoms with Crippen LogP contribution in [-0.2, 0) is 9.53 Å². The molecule has 1 aliphatic rings. The van der Waals surface area contributed by atoms with E-state index in [1.165, 1.54) is 6.42 Å². The lowest BCUT2D eigenvalue weighted by Gasteiger charge is -2.22. The summed E-state index contributed by atoms with van der Waals surface area (Å²) in [4.78, 5) is 36.3. The second-order valence-electron chi connectivity index (χ2n) is 7.44. The van der Waals surface area contributed by atoms with Crippen LogP contribution in [0.4, 0.5) is 4.79 Å². The van der Waals surface area contributed by atoms with E-state index in [-0.39, 0.29) is 18.2 Å². The predicted octanol–water partition coefficient (Wildman–Crippen LogP) is 3.46. The molecule has 2 N–H and O–H groups in total. The number of urea groups is 1. The van der Waals surface area contributed by atoms with Crippen LogP contribution in [0.5, 0.6) is 11.5 Å². The first-order chi connectivity index (χ1) is 15.6. The zero-order valence-corrected chi connectivity index (χ0v) is 17.9.